The van der Waals surface area contributed by atoms with Crippen molar-refractivity contribution in [2.75, 3.05) is 10.7 Å². The Labute approximate surface area is 162 Å². The van der Waals surface area contributed by atoms with Crippen molar-refractivity contribution in [1.82, 2.24) is 15.4 Å². The molecule has 0 aliphatic rings. The van der Waals surface area contributed by atoms with Crippen LogP contribution in [-0.2, 0) is 6.18 Å². The highest BCUT2D eigenvalue weighted by atomic mass is 35.5. The van der Waals surface area contributed by atoms with Gasteiger partial charge in [-0.05, 0) is 35.9 Å². The summed E-state index contributed by atoms with van der Waals surface area (Å²) in [5, 5.41) is 1.86. The van der Waals surface area contributed by atoms with Crippen LogP contribution >= 0.6 is 11.6 Å². The van der Waals surface area contributed by atoms with Crippen LogP contribution in [0.1, 0.15) is 5.56 Å². The minimum atomic E-state index is -4.62. The van der Waals surface area contributed by atoms with E-state index >= 15 is 0 Å². The second kappa shape index (κ2) is 8.13. The van der Waals surface area contributed by atoms with Crippen molar-refractivity contribution in [1.29, 1.82) is 0 Å². The Morgan fingerprint density at radius 2 is 1.71 bits per heavy atom. The number of nitrogens with one attached hydrogen (secondary N) is 3. The molecule has 1 heterocycles. The Balaban J connectivity index is 1.64. The van der Waals surface area contributed by atoms with Gasteiger partial charge in [-0.25, -0.2) is 14.8 Å². The molecule has 2 aromatic carbocycles. The summed E-state index contributed by atoms with van der Waals surface area (Å²) in [6, 6.07) is 9.42. The average molecular weight is 408 g/mol. The SMILES string of the molecule is O=C(NNc1cccc(-c2cncnc2)c1)Nc1ccc(Cl)c(C(F)(F)F)c1. The normalized spacial score (nSPS) is 11.0. The largest absolute Gasteiger partial charge is 0.417 e. The zero-order chi connectivity index (χ0) is 20.1. The fraction of sp³-hybridized carbons (Fsp3) is 0.0556. The monoisotopic (exact) mass is 407 g/mol. The molecule has 3 rings (SSSR count). The van der Waals surface area contributed by atoms with Gasteiger partial charge in [-0.2, -0.15) is 13.2 Å². The van der Waals surface area contributed by atoms with Crippen molar-refractivity contribution in [2.45, 2.75) is 6.18 Å². The molecule has 144 valence electrons. The first-order valence-electron chi connectivity index (χ1n) is 7.88. The van der Waals surface area contributed by atoms with Gasteiger partial charge in [0.25, 0.3) is 0 Å². The van der Waals surface area contributed by atoms with Crippen molar-refractivity contribution in [3.05, 3.63) is 71.8 Å². The van der Waals surface area contributed by atoms with E-state index in [0.29, 0.717) is 5.69 Å². The highest BCUT2D eigenvalue weighted by molar-refractivity contribution is 6.31. The molecule has 0 saturated heterocycles. The Morgan fingerprint density at radius 3 is 2.43 bits per heavy atom. The number of halogens is 4. The van der Waals surface area contributed by atoms with E-state index in [1.54, 1.807) is 30.6 Å². The van der Waals surface area contributed by atoms with Gasteiger partial charge in [0.15, 0.2) is 0 Å². The number of carbonyl (C=O) groups is 1. The van der Waals surface area contributed by atoms with Crippen LogP contribution in [0.5, 0.6) is 0 Å². The van der Waals surface area contributed by atoms with Gasteiger partial charge in [0.2, 0.25) is 0 Å². The first-order valence-corrected chi connectivity index (χ1v) is 8.26. The van der Waals surface area contributed by atoms with Gasteiger partial charge in [0.05, 0.1) is 16.3 Å². The molecular weight excluding hydrogens is 395 g/mol. The number of hydrogen-bond acceptors (Lipinski definition) is 4. The van der Waals surface area contributed by atoms with Crippen LogP contribution in [0.2, 0.25) is 5.02 Å². The summed E-state index contributed by atoms with van der Waals surface area (Å²) in [5.74, 6) is 0. The molecule has 1 aromatic heterocycles. The fourth-order valence-corrected chi connectivity index (χ4v) is 2.56. The van der Waals surface area contributed by atoms with Crippen LogP contribution in [0.25, 0.3) is 11.1 Å². The summed E-state index contributed by atoms with van der Waals surface area (Å²) in [4.78, 5) is 19.9. The number of carbonyl (C=O) groups excluding carboxylic acids is 1. The standard InChI is InChI=1S/C18H13ClF3N5O/c19-16-5-4-13(7-15(16)18(20,21)22)25-17(28)27-26-14-3-1-2-11(6-14)12-8-23-10-24-9-12/h1-10,26H,(H2,25,27,28). The Hall–Kier alpha value is -3.33. The number of alkyl halides is 3. The lowest BCUT2D eigenvalue weighted by atomic mass is 10.1. The van der Waals surface area contributed by atoms with E-state index in [2.05, 4.69) is 26.1 Å². The summed E-state index contributed by atoms with van der Waals surface area (Å²) >= 11 is 5.55. The molecule has 0 spiro atoms. The highest BCUT2D eigenvalue weighted by Crippen LogP contribution is 2.36. The van der Waals surface area contributed by atoms with Crippen LogP contribution in [0.3, 0.4) is 0 Å². The van der Waals surface area contributed by atoms with E-state index in [1.807, 2.05) is 6.07 Å². The predicted molar refractivity (Wildman–Crippen MR) is 99.7 cm³/mol. The number of nitrogens with zero attached hydrogens (tertiary/aromatic N) is 2. The number of hydrazine groups is 1. The Kier molecular flexibility index (Phi) is 5.65. The van der Waals surface area contributed by atoms with Gasteiger partial charge < -0.3 is 5.32 Å². The maximum absolute atomic E-state index is 12.9. The summed E-state index contributed by atoms with van der Waals surface area (Å²) in [7, 11) is 0. The van der Waals surface area contributed by atoms with Gasteiger partial charge in [-0.15, -0.1) is 0 Å². The summed E-state index contributed by atoms with van der Waals surface area (Å²) in [6.45, 7) is 0. The Morgan fingerprint density at radius 1 is 0.964 bits per heavy atom. The Bertz CT molecular complexity index is 982. The van der Waals surface area contributed by atoms with E-state index in [1.165, 1.54) is 12.4 Å². The molecule has 2 amide bonds. The van der Waals surface area contributed by atoms with Crippen molar-refractivity contribution < 1.29 is 18.0 Å². The molecule has 0 radical (unpaired) electrons. The smallest absolute Gasteiger partial charge is 0.307 e. The van der Waals surface area contributed by atoms with E-state index in [0.717, 1.165) is 23.3 Å². The van der Waals surface area contributed by atoms with E-state index in [9.17, 15) is 18.0 Å². The minimum Gasteiger partial charge on any atom is -0.307 e. The van der Waals surface area contributed by atoms with Gasteiger partial charge in [-0.1, -0.05) is 23.7 Å². The van der Waals surface area contributed by atoms with Crippen molar-refractivity contribution in [3.8, 4) is 11.1 Å². The van der Waals surface area contributed by atoms with Gasteiger partial charge in [0, 0.05) is 23.6 Å². The number of anilines is 2. The van der Waals surface area contributed by atoms with E-state index in [-0.39, 0.29) is 5.69 Å². The third-order valence-electron chi connectivity index (χ3n) is 3.61. The lowest BCUT2D eigenvalue weighted by molar-refractivity contribution is -0.137. The average Bonchev–Trinajstić information content (AvgIpc) is 2.68. The van der Waals surface area contributed by atoms with Crippen molar-refractivity contribution in [3.63, 3.8) is 0 Å². The van der Waals surface area contributed by atoms with Crippen LogP contribution in [0.15, 0.2) is 61.2 Å². The molecule has 0 saturated carbocycles. The lowest BCUT2D eigenvalue weighted by Crippen LogP contribution is -2.33. The molecule has 0 bridgehead atoms. The number of aromatic nitrogens is 2. The zero-order valence-corrected chi connectivity index (χ0v) is 14.8. The second-order valence-corrected chi connectivity index (χ2v) is 6.01. The van der Waals surface area contributed by atoms with Crippen LogP contribution in [0, 0.1) is 0 Å². The number of urea groups is 1. The second-order valence-electron chi connectivity index (χ2n) is 5.60. The number of hydrogen-bond donors (Lipinski definition) is 3. The summed E-state index contributed by atoms with van der Waals surface area (Å²) < 4.78 is 38.6. The number of rotatable bonds is 4. The lowest BCUT2D eigenvalue weighted by Gasteiger charge is -2.13. The molecule has 0 unspecified atom stereocenters. The third kappa shape index (κ3) is 4.89. The van der Waals surface area contributed by atoms with E-state index in [4.69, 9.17) is 11.6 Å². The highest BCUT2D eigenvalue weighted by Gasteiger charge is 2.33. The maximum Gasteiger partial charge on any atom is 0.417 e. The number of amides is 2. The molecule has 3 aromatic rings. The van der Waals surface area contributed by atoms with Crippen LogP contribution < -0.4 is 16.2 Å². The molecular formula is C18H13ClF3N5O. The van der Waals surface area contributed by atoms with Crippen molar-refractivity contribution >= 4 is 29.0 Å². The quantitative estimate of drug-likeness (QED) is 0.534. The maximum atomic E-state index is 12.9. The topological polar surface area (TPSA) is 78.9 Å². The molecule has 6 nitrogen and oxygen atoms in total. The predicted octanol–water partition coefficient (Wildman–Crippen LogP) is 4.96. The van der Waals surface area contributed by atoms with Gasteiger partial charge >= 0.3 is 12.2 Å². The zero-order valence-electron chi connectivity index (χ0n) is 14.1. The molecule has 28 heavy (non-hydrogen) atoms. The third-order valence-corrected chi connectivity index (χ3v) is 3.94. The molecule has 0 aliphatic carbocycles. The molecule has 0 atom stereocenters. The molecule has 3 N–H and O–H groups in total. The number of benzene rings is 2. The summed E-state index contributed by atoms with van der Waals surface area (Å²) in [5.41, 5.74) is 6.12. The van der Waals surface area contributed by atoms with Crippen LogP contribution in [0.4, 0.5) is 29.3 Å². The fourth-order valence-electron chi connectivity index (χ4n) is 2.34. The molecule has 0 fully saturated rings. The van der Waals surface area contributed by atoms with Gasteiger partial charge in [0.1, 0.15) is 6.33 Å². The van der Waals surface area contributed by atoms with Gasteiger partial charge in [-0.3, -0.25) is 10.9 Å². The molecule has 0 aliphatic heterocycles. The van der Waals surface area contributed by atoms with Crippen molar-refractivity contribution in [2.24, 2.45) is 0 Å². The van der Waals surface area contributed by atoms with E-state index < -0.39 is 22.8 Å². The summed E-state index contributed by atoms with van der Waals surface area (Å²) in [6.07, 6.45) is 0.0829. The minimum absolute atomic E-state index is 0.0498. The first-order chi connectivity index (χ1) is 13.3. The first kappa shape index (κ1) is 19.4. The van der Waals surface area contributed by atoms with Crippen LogP contribution in [-0.4, -0.2) is 16.0 Å². The molecule has 10 heteroatoms.